The van der Waals surface area contributed by atoms with Crippen LogP contribution in [0.3, 0.4) is 0 Å². The molecule has 0 radical (unpaired) electrons. The summed E-state index contributed by atoms with van der Waals surface area (Å²) >= 11 is 0. The summed E-state index contributed by atoms with van der Waals surface area (Å²) in [5.41, 5.74) is 0.460. The minimum atomic E-state index is -0.985. The summed E-state index contributed by atoms with van der Waals surface area (Å²) in [5, 5.41) is 17.8. The van der Waals surface area contributed by atoms with Crippen molar-refractivity contribution in [3.05, 3.63) is 36.0 Å². The molecule has 0 saturated heterocycles. The number of allylic oxidation sites excluding steroid dienone is 2. The van der Waals surface area contributed by atoms with E-state index in [-0.39, 0.29) is 75.0 Å². The number of carboxylic acids is 2. The van der Waals surface area contributed by atoms with Gasteiger partial charge in [0.05, 0.1) is 5.57 Å². The number of carbonyl (C=O) groups is 5. The number of carbonyl (C=O) groups excluding carboxylic acids is 3. The molecule has 220 valence electrons. The maximum absolute atomic E-state index is 12.7. The zero-order valence-electron chi connectivity index (χ0n) is 23.3. The topological polar surface area (TPSA) is 154 Å². The van der Waals surface area contributed by atoms with Crippen LogP contribution in [0.5, 0.6) is 0 Å². The highest BCUT2D eigenvalue weighted by atomic mass is 16.6. The van der Waals surface area contributed by atoms with E-state index < -0.39 is 35.4 Å². The van der Waals surface area contributed by atoms with Gasteiger partial charge in [-0.1, -0.05) is 38.2 Å². The molecule has 10 nitrogen and oxygen atoms in total. The number of esters is 3. The van der Waals surface area contributed by atoms with Crippen LogP contribution in [0.4, 0.5) is 0 Å². The van der Waals surface area contributed by atoms with Gasteiger partial charge in [-0.15, -0.1) is 0 Å². The molecule has 2 aliphatic carbocycles. The molecule has 3 aliphatic rings. The molecule has 0 amide bonds. The monoisotopic (exact) mass is 560 g/mol. The Morgan fingerprint density at radius 3 is 2.30 bits per heavy atom. The van der Waals surface area contributed by atoms with Crippen LogP contribution in [0.2, 0.25) is 0 Å². The van der Waals surface area contributed by atoms with Crippen LogP contribution >= 0.6 is 0 Å². The van der Waals surface area contributed by atoms with E-state index in [9.17, 15) is 24.0 Å². The van der Waals surface area contributed by atoms with E-state index in [0.717, 1.165) is 12.0 Å². The first-order valence-corrected chi connectivity index (χ1v) is 13.9. The average molecular weight is 561 g/mol. The van der Waals surface area contributed by atoms with E-state index in [1.165, 1.54) is 0 Å². The molecule has 3 rings (SSSR count). The molecule has 40 heavy (non-hydrogen) atoms. The van der Waals surface area contributed by atoms with E-state index in [2.05, 4.69) is 13.5 Å². The lowest BCUT2D eigenvalue weighted by atomic mass is 9.46. The van der Waals surface area contributed by atoms with Crippen LogP contribution < -0.4 is 0 Å². The van der Waals surface area contributed by atoms with Gasteiger partial charge < -0.3 is 24.4 Å². The van der Waals surface area contributed by atoms with Crippen molar-refractivity contribution in [3.63, 3.8) is 0 Å². The van der Waals surface area contributed by atoms with Gasteiger partial charge in [0.15, 0.2) is 0 Å². The Kier molecular flexibility index (Phi) is 10.3. The van der Waals surface area contributed by atoms with Crippen molar-refractivity contribution in [2.45, 2.75) is 84.2 Å². The highest BCUT2D eigenvalue weighted by Gasteiger charge is 2.59. The normalized spacial score (nSPS) is 29.9. The summed E-state index contributed by atoms with van der Waals surface area (Å²) in [6.07, 6.45) is 7.63. The van der Waals surface area contributed by atoms with Crippen LogP contribution in [0, 0.1) is 22.7 Å². The fourth-order valence-electron chi connectivity index (χ4n) is 6.65. The molecular weight excluding hydrogens is 520 g/mol. The maximum atomic E-state index is 12.7. The second kappa shape index (κ2) is 13.3. The Balaban J connectivity index is 1.83. The van der Waals surface area contributed by atoms with Crippen LogP contribution in [-0.2, 0) is 38.2 Å². The predicted octanol–water partition coefficient (Wildman–Crippen LogP) is 4.38. The third-order valence-corrected chi connectivity index (χ3v) is 8.76. The highest BCUT2D eigenvalue weighted by molar-refractivity contribution is 5.93. The number of fused-ring (bicyclic) bond motifs is 1. The summed E-state index contributed by atoms with van der Waals surface area (Å²) in [6.45, 7) is 8.69. The van der Waals surface area contributed by atoms with Crippen molar-refractivity contribution in [3.8, 4) is 0 Å². The largest absolute Gasteiger partial charge is 0.481 e. The van der Waals surface area contributed by atoms with E-state index in [4.69, 9.17) is 24.4 Å². The van der Waals surface area contributed by atoms with Gasteiger partial charge in [-0.3, -0.25) is 19.2 Å². The second-order valence-electron chi connectivity index (χ2n) is 11.5. The average Bonchev–Trinajstić information content (AvgIpc) is 3.28. The van der Waals surface area contributed by atoms with E-state index in [1.807, 2.05) is 13.0 Å². The lowest BCUT2D eigenvalue weighted by Crippen LogP contribution is -2.58. The Hall–Kier alpha value is -3.43. The van der Waals surface area contributed by atoms with Gasteiger partial charge in [-0.05, 0) is 55.9 Å². The third-order valence-electron chi connectivity index (χ3n) is 8.76. The van der Waals surface area contributed by atoms with Gasteiger partial charge in [-0.2, -0.15) is 0 Å². The number of cyclic esters (lactones) is 1. The maximum Gasteiger partial charge on any atom is 0.338 e. The van der Waals surface area contributed by atoms with Crippen LogP contribution in [0.15, 0.2) is 36.0 Å². The first kappa shape index (κ1) is 31.1. The van der Waals surface area contributed by atoms with Crippen molar-refractivity contribution in [2.75, 3.05) is 13.2 Å². The van der Waals surface area contributed by atoms with Crippen LogP contribution in [-0.4, -0.2) is 59.4 Å². The summed E-state index contributed by atoms with van der Waals surface area (Å²) in [4.78, 5) is 58.9. The molecule has 0 spiro atoms. The molecule has 2 fully saturated rings. The van der Waals surface area contributed by atoms with Crippen LogP contribution in [0.1, 0.15) is 78.1 Å². The molecular formula is C30H40O10. The second-order valence-corrected chi connectivity index (χ2v) is 11.5. The van der Waals surface area contributed by atoms with Crippen molar-refractivity contribution < 1.29 is 48.4 Å². The number of rotatable bonds is 13. The van der Waals surface area contributed by atoms with Gasteiger partial charge in [0.25, 0.3) is 0 Å². The Morgan fingerprint density at radius 1 is 1.05 bits per heavy atom. The fraction of sp³-hybridized carbons (Fsp3) is 0.633. The SMILES string of the molecule is C=C1CC[C@@H]2[C@](C)(COC(=O)CCCC(=O)O)[C@H](OC(=O)CCCC(=O)O)CC[C@@]2(C)[C@@H]1/C=C/C1=CCOC1=O. The molecule has 0 aromatic carbocycles. The number of hydrogen-bond donors (Lipinski definition) is 2. The molecule has 2 saturated carbocycles. The first-order chi connectivity index (χ1) is 18.9. The molecule has 0 unspecified atom stereocenters. The van der Waals surface area contributed by atoms with Gasteiger partial charge in [0, 0.05) is 37.0 Å². The number of ether oxygens (including phenoxy) is 3. The number of carboxylic acid groups (broad SMARTS) is 2. The third kappa shape index (κ3) is 7.40. The summed E-state index contributed by atoms with van der Waals surface area (Å²) in [7, 11) is 0. The molecule has 10 heteroatoms. The van der Waals surface area contributed by atoms with Gasteiger partial charge >= 0.3 is 29.8 Å². The standard InChI is InChI=1S/C30H40O10/c1-19-10-13-22-29(2,21(19)12-11-20-15-17-38-28(20)37)16-14-23(40-27(36)9-5-7-25(33)34)30(22,3)18-39-26(35)8-4-6-24(31)32/h11-12,15,21-23H,1,4-10,13-14,16-18H2,2-3H3,(H,31,32)(H,33,34)/b12-11+/t21-,22+,23-,29+,30+/m1/s1. The van der Waals surface area contributed by atoms with Crippen molar-refractivity contribution in [2.24, 2.45) is 22.7 Å². The molecule has 0 aromatic rings. The minimum absolute atomic E-state index is 0.00732. The fourth-order valence-corrected chi connectivity index (χ4v) is 6.65. The minimum Gasteiger partial charge on any atom is -0.481 e. The zero-order valence-corrected chi connectivity index (χ0v) is 23.3. The Bertz CT molecular complexity index is 1090. The Morgan fingerprint density at radius 2 is 1.70 bits per heavy atom. The lowest BCUT2D eigenvalue weighted by molar-refractivity contribution is -0.191. The lowest BCUT2D eigenvalue weighted by Gasteiger charge is -2.60. The van der Waals surface area contributed by atoms with Gasteiger partial charge in [-0.25, -0.2) is 4.79 Å². The van der Waals surface area contributed by atoms with Crippen molar-refractivity contribution in [1.29, 1.82) is 0 Å². The molecule has 0 bridgehead atoms. The Labute approximate surface area is 234 Å². The molecule has 1 aliphatic heterocycles. The summed E-state index contributed by atoms with van der Waals surface area (Å²) in [5.74, 6) is -3.44. The molecule has 5 atom stereocenters. The summed E-state index contributed by atoms with van der Waals surface area (Å²) in [6, 6.07) is 0. The van der Waals surface area contributed by atoms with Gasteiger partial charge in [0.2, 0.25) is 0 Å². The first-order valence-electron chi connectivity index (χ1n) is 13.9. The van der Waals surface area contributed by atoms with E-state index in [0.29, 0.717) is 24.8 Å². The molecule has 0 aromatic heterocycles. The smallest absolute Gasteiger partial charge is 0.338 e. The van der Waals surface area contributed by atoms with Gasteiger partial charge in [0.1, 0.15) is 19.3 Å². The van der Waals surface area contributed by atoms with Crippen molar-refractivity contribution in [1.82, 2.24) is 0 Å². The number of hydrogen-bond acceptors (Lipinski definition) is 8. The molecule has 1 heterocycles. The zero-order chi connectivity index (χ0) is 29.5. The van der Waals surface area contributed by atoms with E-state index >= 15 is 0 Å². The van der Waals surface area contributed by atoms with Crippen molar-refractivity contribution >= 4 is 29.8 Å². The number of aliphatic carboxylic acids is 2. The quantitative estimate of drug-likeness (QED) is 0.188. The van der Waals surface area contributed by atoms with Crippen LogP contribution in [0.25, 0.3) is 0 Å². The molecule has 2 N–H and O–H groups in total. The predicted molar refractivity (Wildman–Crippen MR) is 143 cm³/mol. The van der Waals surface area contributed by atoms with E-state index in [1.54, 1.807) is 12.2 Å². The summed E-state index contributed by atoms with van der Waals surface area (Å²) < 4.78 is 16.6. The highest BCUT2D eigenvalue weighted by Crippen LogP contribution is 2.62.